The molecule has 2 aromatic carbocycles. The summed E-state index contributed by atoms with van der Waals surface area (Å²) in [5, 5.41) is 19.5. The molecule has 0 bridgehead atoms. The number of hydrogen-bond acceptors (Lipinski definition) is 6. The van der Waals surface area contributed by atoms with Gasteiger partial charge in [-0.2, -0.15) is 5.10 Å². The van der Waals surface area contributed by atoms with Gasteiger partial charge in [0.25, 0.3) is 0 Å². The van der Waals surface area contributed by atoms with Gasteiger partial charge in [0.05, 0.1) is 43.5 Å². The number of nitrogens with one attached hydrogen (secondary N) is 1. The van der Waals surface area contributed by atoms with Crippen LogP contribution in [0.1, 0.15) is 12.7 Å². The van der Waals surface area contributed by atoms with E-state index in [2.05, 4.69) is 43.1 Å². The molecule has 0 unspecified atom stereocenters. The predicted octanol–water partition coefficient (Wildman–Crippen LogP) is 4.94. The van der Waals surface area contributed by atoms with E-state index in [-0.39, 0.29) is 0 Å². The third-order valence-electron chi connectivity index (χ3n) is 6.12. The number of aliphatic hydroxyl groups excluding tert-OH is 1. The zero-order valence-electron chi connectivity index (χ0n) is 20.2. The predicted molar refractivity (Wildman–Crippen MR) is 138 cm³/mol. The van der Waals surface area contributed by atoms with Crippen LogP contribution in [0.2, 0.25) is 0 Å². The van der Waals surface area contributed by atoms with Crippen LogP contribution in [0.15, 0.2) is 67.3 Å². The highest BCUT2D eigenvalue weighted by molar-refractivity contribution is 5.89. The second-order valence-corrected chi connectivity index (χ2v) is 8.72. The summed E-state index contributed by atoms with van der Waals surface area (Å²) >= 11 is 0. The van der Waals surface area contributed by atoms with Gasteiger partial charge in [0.15, 0.2) is 0 Å². The van der Waals surface area contributed by atoms with E-state index >= 15 is 0 Å². The zero-order chi connectivity index (χ0) is 24.5. The number of benzene rings is 2. The molecule has 3 aromatic heterocycles. The highest BCUT2D eigenvalue weighted by Crippen LogP contribution is 2.33. The van der Waals surface area contributed by atoms with Crippen molar-refractivity contribution in [3.8, 4) is 28.1 Å². The summed E-state index contributed by atoms with van der Waals surface area (Å²) in [6.45, 7) is 4.20. The maximum atomic E-state index is 9.61. The van der Waals surface area contributed by atoms with Crippen molar-refractivity contribution in [2.75, 3.05) is 12.4 Å². The van der Waals surface area contributed by atoms with Crippen molar-refractivity contribution in [3.05, 3.63) is 73.1 Å². The lowest BCUT2D eigenvalue weighted by Crippen LogP contribution is -2.11. The smallest absolute Gasteiger partial charge is 0.143 e. The Morgan fingerprint density at radius 3 is 2.54 bits per heavy atom. The van der Waals surface area contributed by atoms with Crippen LogP contribution < -0.4 is 10.1 Å². The molecule has 0 saturated heterocycles. The van der Waals surface area contributed by atoms with Crippen molar-refractivity contribution in [2.24, 2.45) is 7.05 Å². The topological polar surface area (TPSA) is 90.0 Å². The van der Waals surface area contributed by atoms with E-state index in [4.69, 9.17) is 4.74 Å². The second-order valence-electron chi connectivity index (χ2n) is 8.72. The first-order valence-corrected chi connectivity index (χ1v) is 11.5. The maximum Gasteiger partial charge on any atom is 0.143 e. The van der Waals surface area contributed by atoms with Gasteiger partial charge in [0, 0.05) is 36.0 Å². The van der Waals surface area contributed by atoms with E-state index in [0.29, 0.717) is 6.54 Å². The van der Waals surface area contributed by atoms with Gasteiger partial charge < -0.3 is 19.7 Å². The maximum absolute atomic E-state index is 9.61. The summed E-state index contributed by atoms with van der Waals surface area (Å²) in [6.07, 6.45) is 7.05. The Kier molecular flexibility index (Phi) is 5.96. The van der Waals surface area contributed by atoms with Crippen LogP contribution in [0, 0.1) is 6.92 Å². The number of nitrogens with zero attached hydrogens (tertiary/aromatic N) is 5. The Morgan fingerprint density at radius 2 is 1.80 bits per heavy atom. The zero-order valence-corrected chi connectivity index (χ0v) is 20.2. The molecule has 3 heterocycles. The summed E-state index contributed by atoms with van der Waals surface area (Å²) in [5.41, 5.74) is 4.95. The normalized spacial score (nSPS) is 12.1. The fourth-order valence-corrected chi connectivity index (χ4v) is 4.13. The number of methoxy groups -OCH3 is 1. The van der Waals surface area contributed by atoms with Gasteiger partial charge in [0.2, 0.25) is 0 Å². The first-order chi connectivity index (χ1) is 16.9. The van der Waals surface area contributed by atoms with Crippen molar-refractivity contribution in [3.63, 3.8) is 0 Å². The van der Waals surface area contributed by atoms with E-state index < -0.39 is 6.10 Å². The number of rotatable bonds is 7. The molecule has 0 spiro atoms. The average Bonchev–Trinajstić information content (AvgIpc) is 3.45. The molecule has 1 atom stereocenters. The molecular weight excluding hydrogens is 440 g/mol. The van der Waals surface area contributed by atoms with Crippen LogP contribution in [0.5, 0.6) is 5.75 Å². The lowest BCUT2D eigenvalue weighted by Gasteiger charge is -2.13. The van der Waals surface area contributed by atoms with Gasteiger partial charge in [-0.3, -0.25) is 4.68 Å². The van der Waals surface area contributed by atoms with Crippen LogP contribution in [-0.2, 0) is 13.6 Å². The van der Waals surface area contributed by atoms with E-state index in [0.717, 1.165) is 56.2 Å². The Bertz CT molecular complexity index is 1500. The molecule has 5 aromatic rings. The molecule has 2 N–H and O–H groups in total. The minimum absolute atomic E-state index is 0.446. The van der Waals surface area contributed by atoms with Gasteiger partial charge in [-0.05, 0) is 49.1 Å². The summed E-state index contributed by atoms with van der Waals surface area (Å²) < 4.78 is 9.48. The Morgan fingerprint density at radius 1 is 0.971 bits per heavy atom. The molecular formula is C27H28N6O2. The molecule has 35 heavy (non-hydrogen) atoms. The average molecular weight is 469 g/mol. The molecule has 0 saturated carbocycles. The van der Waals surface area contributed by atoms with Crippen molar-refractivity contribution in [1.29, 1.82) is 0 Å². The fourth-order valence-electron chi connectivity index (χ4n) is 4.13. The summed E-state index contributed by atoms with van der Waals surface area (Å²) in [4.78, 5) is 8.98. The number of ether oxygens (including phenoxy) is 1. The first kappa shape index (κ1) is 22.6. The molecule has 178 valence electrons. The summed E-state index contributed by atoms with van der Waals surface area (Å²) in [5.74, 6) is 2.40. The number of imidazole rings is 1. The number of fused-ring (bicyclic) bond motifs is 1. The molecule has 0 amide bonds. The Hall–Kier alpha value is -4.17. The van der Waals surface area contributed by atoms with Crippen molar-refractivity contribution >= 4 is 22.3 Å². The fraction of sp³-hybridized carbons (Fsp3) is 0.222. The third kappa shape index (κ3) is 4.61. The number of aromatic nitrogens is 5. The standard InChI is InChI=1S/C27H28N6O2/c1-17(34)15-33-16-23(13-30-33)19-5-6-21-12-29-27(11-22(21)9-19)31-24-8-7-20(10-26(24)35-4)25-14-28-18(2)32(25)3/h5-14,16-17,34H,15H2,1-4H3,(H,29,31)/t17-/m0/s1. The first-order valence-electron chi connectivity index (χ1n) is 11.5. The highest BCUT2D eigenvalue weighted by Gasteiger charge is 2.11. The van der Waals surface area contributed by atoms with Crippen LogP contribution in [0.3, 0.4) is 0 Å². The van der Waals surface area contributed by atoms with Crippen LogP contribution in [-0.4, -0.2) is 42.6 Å². The van der Waals surface area contributed by atoms with Gasteiger partial charge >= 0.3 is 0 Å². The second kappa shape index (κ2) is 9.23. The van der Waals surface area contributed by atoms with Crippen LogP contribution in [0.25, 0.3) is 33.2 Å². The molecule has 0 radical (unpaired) electrons. The largest absolute Gasteiger partial charge is 0.495 e. The molecule has 8 heteroatoms. The number of aliphatic hydroxyl groups is 1. The van der Waals surface area contributed by atoms with Gasteiger partial charge in [0.1, 0.15) is 17.4 Å². The molecule has 0 aliphatic heterocycles. The molecule has 0 aliphatic rings. The number of anilines is 2. The van der Waals surface area contributed by atoms with Gasteiger partial charge in [-0.1, -0.05) is 18.2 Å². The highest BCUT2D eigenvalue weighted by atomic mass is 16.5. The number of hydrogen-bond donors (Lipinski definition) is 2. The summed E-state index contributed by atoms with van der Waals surface area (Å²) in [6, 6.07) is 14.3. The monoisotopic (exact) mass is 468 g/mol. The number of aryl methyl sites for hydroxylation is 1. The minimum Gasteiger partial charge on any atom is -0.495 e. The van der Waals surface area contributed by atoms with Crippen molar-refractivity contribution in [2.45, 2.75) is 26.5 Å². The minimum atomic E-state index is -0.446. The number of pyridine rings is 1. The van der Waals surface area contributed by atoms with Gasteiger partial charge in [-0.15, -0.1) is 0 Å². The van der Waals surface area contributed by atoms with E-state index in [1.54, 1.807) is 18.7 Å². The SMILES string of the molecule is COc1cc(-c2cnc(C)n2C)ccc1Nc1cc2cc(-c3cnn(C[C@H](C)O)c3)ccc2cn1. The lowest BCUT2D eigenvalue weighted by atomic mass is 10.0. The van der Waals surface area contributed by atoms with E-state index in [1.165, 1.54) is 0 Å². The molecule has 0 fully saturated rings. The van der Waals surface area contributed by atoms with Crippen molar-refractivity contribution < 1.29 is 9.84 Å². The van der Waals surface area contributed by atoms with Crippen LogP contribution >= 0.6 is 0 Å². The quantitative estimate of drug-likeness (QED) is 0.352. The van der Waals surface area contributed by atoms with E-state index in [1.807, 2.05) is 63.0 Å². The molecule has 5 rings (SSSR count). The van der Waals surface area contributed by atoms with Crippen molar-refractivity contribution in [1.82, 2.24) is 24.3 Å². The van der Waals surface area contributed by atoms with Gasteiger partial charge in [-0.25, -0.2) is 9.97 Å². The van der Waals surface area contributed by atoms with E-state index in [9.17, 15) is 5.11 Å². The molecule has 8 nitrogen and oxygen atoms in total. The molecule has 0 aliphatic carbocycles. The summed E-state index contributed by atoms with van der Waals surface area (Å²) in [7, 11) is 3.66. The Labute approximate surface area is 203 Å². The van der Waals surface area contributed by atoms with Crippen LogP contribution in [0.4, 0.5) is 11.5 Å². The lowest BCUT2D eigenvalue weighted by molar-refractivity contribution is 0.168. The Balaban J connectivity index is 1.43. The third-order valence-corrected chi connectivity index (χ3v) is 6.12.